The lowest BCUT2D eigenvalue weighted by Gasteiger charge is -2.22. The maximum absolute atomic E-state index is 12.0. The van der Waals surface area contributed by atoms with Gasteiger partial charge in [-0.15, -0.1) is 0 Å². The molecule has 3 nitrogen and oxygen atoms in total. The first-order chi connectivity index (χ1) is 6.99. The molecule has 15 heavy (non-hydrogen) atoms. The molecule has 0 aromatic rings. The van der Waals surface area contributed by atoms with Crippen molar-refractivity contribution in [2.24, 2.45) is 0 Å². The zero-order valence-corrected chi connectivity index (χ0v) is 9.23. The summed E-state index contributed by atoms with van der Waals surface area (Å²) in [5.41, 5.74) is 0. The molecule has 0 atom stereocenters. The first kappa shape index (κ1) is 15.0. The standard InChI is InChI=1S/C8H16F3NO2S/c9-8(10,11)7-12(1-3-13)2-4-14-5-6-15/h13,15H,1-7H2. The topological polar surface area (TPSA) is 32.7 Å². The molecule has 0 radical (unpaired) electrons. The van der Waals surface area contributed by atoms with Crippen LogP contribution in [-0.4, -0.2) is 61.4 Å². The molecule has 0 aromatic heterocycles. The third kappa shape index (κ3) is 10.3. The van der Waals surface area contributed by atoms with Gasteiger partial charge in [-0.2, -0.15) is 25.8 Å². The third-order valence-corrected chi connectivity index (χ3v) is 1.79. The minimum atomic E-state index is -4.24. The first-order valence-corrected chi connectivity index (χ1v) is 5.21. The van der Waals surface area contributed by atoms with Crippen molar-refractivity contribution in [2.45, 2.75) is 6.18 Å². The van der Waals surface area contributed by atoms with Crippen LogP contribution < -0.4 is 0 Å². The van der Waals surface area contributed by atoms with E-state index in [0.29, 0.717) is 12.4 Å². The van der Waals surface area contributed by atoms with E-state index in [1.165, 1.54) is 0 Å². The number of nitrogens with zero attached hydrogens (tertiary/aromatic N) is 1. The summed E-state index contributed by atoms with van der Waals surface area (Å²) in [7, 11) is 0. The molecule has 0 amide bonds. The molecule has 0 aliphatic carbocycles. The summed E-state index contributed by atoms with van der Waals surface area (Å²) in [4.78, 5) is 1.11. The van der Waals surface area contributed by atoms with Crippen LogP contribution in [0.15, 0.2) is 0 Å². The lowest BCUT2D eigenvalue weighted by Crippen LogP contribution is -2.38. The summed E-state index contributed by atoms with van der Waals surface area (Å²) in [5, 5.41) is 8.57. The number of ether oxygens (including phenoxy) is 1. The van der Waals surface area contributed by atoms with Crippen molar-refractivity contribution in [1.82, 2.24) is 4.90 Å². The Balaban J connectivity index is 3.73. The van der Waals surface area contributed by atoms with Gasteiger partial charge in [-0.05, 0) is 0 Å². The second-order valence-electron chi connectivity index (χ2n) is 2.95. The van der Waals surface area contributed by atoms with Crippen molar-refractivity contribution in [1.29, 1.82) is 0 Å². The highest BCUT2D eigenvalue weighted by Crippen LogP contribution is 2.15. The highest BCUT2D eigenvalue weighted by Gasteiger charge is 2.30. The van der Waals surface area contributed by atoms with Crippen LogP contribution >= 0.6 is 12.6 Å². The lowest BCUT2D eigenvalue weighted by molar-refractivity contribution is -0.148. The van der Waals surface area contributed by atoms with Gasteiger partial charge in [0.15, 0.2) is 0 Å². The summed E-state index contributed by atoms with van der Waals surface area (Å²) in [6.45, 7) is -0.503. The van der Waals surface area contributed by atoms with Crippen LogP contribution in [0.4, 0.5) is 13.2 Å². The van der Waals surface area contributed by atoms with Crippen molar-refractivity contribution in [2.75, 3.05) is 45.2 Å². The zero-order chi connectivity index (χ0) is 11.7. The number of alkyl halides is 3. The third-order valence-electron chi connectivity index (χ3n) is 1.61. The van der Waals surface area contributed by atoms with Crippen LogP contribution in [0.2, 0.25) is 0 Å². The maximum atomic E-state index is 12.0. The fraction of sp³-hybridized carbons (Fsp3) is 1.00. The van der Waals surface area contributed by atoms with Gasteiger partial charge in [0.1, 0.15) is 0 Å². The fourth-order valence-electron chi connectivity index (χ4n) is 1.03. The lowest BCUT2D eigenvalue weighted by atomic mass is 10.4. The van der Waals surface area contributed by atoms with Gasteiger partial charge < -0.3 is 9.84 Å². The van der Waals surface area contributed by atoms with Crippen molar-refractivity contribution in [3.63, 3.8) is 0 Å². The number of halogens is 3. The summed E-state index contributed by atoms with van der Waals surface area (Å²) in [6.07, 6.45) is -4.24. The summed E-state index contributed by atoms with van der Waals surface area (Å²) in [6, 6.07) is 0. The minimum Gasteiger partial charge on any atom is -0.395 e. The van der Waals surface area contributed by atoms with Gasteiger partial charge in [-0.1, -0.05) is 0 Å². The van der Waals surface area contributed by atoms with E-state index in [9.17, 15) is 13.2 Å². The molecule has 0 aliphatic heterocycles. The molecule has 0 saturated carbocycles. The molecule has 0 rings (SSSR count). The van der Waals surface area contributed by atoms with Crippen LogP contribution in [0.5, 0.6) is 0 Å². The molecule has 0 aromatic carbocycles. The highest BCUT2D eigenvalue weighted by molar-refractivity contribution is 7.80. The Morgan fingerprint density at radius 2 is 1.87 bits per heavy atom. The van der Waals surface area contributed by atoms with Gasteiger partial charge in [0.25, 0.3) is 0 Å². The molecule has 0 spiro atoms. The monoisotopic (exact) mass is 247 g/mol. The van der Waals surface area contributed by atoms with Crippen LogP contribution in [0.3, 0.4) is 0 Å². The number of aliphatic hydroxyl groups is 1. The second kappa shape index (κ2) is 8.20. The van der Waals surface area contributed by atoms with Crippen LogP contribution in [0.1, 0.15) is 0 Å². The van der Waals surface area contributed by atoms with E-state index in [-0.39, 0.29) is 26.3 Å². The van der Waals surface area contributed by atoms with Crippen LogP contribution in [-0.2, 0) is 4.74 Å². The molecule has 1 N–H and O–H groups in total. The Morgan fingerprint density at radius 1 is 1.20 bits per heavy atom. The predicted octanol–water partition coefficient (Wildman–Crippen LogP) is 0.789. The van der Waals surface area contributed by atoms with Crippen molar-refractivity contribution < 1.29 is 23.0 Å². The molecule has 92 valence electrons. The molecule has 0 aliphatic rings. The van der Waals surface area contributed by atoms with Crippen LogP contribution in [0, 0.1) is 0 Å². The van der Waals surface area contributed by atoms with Crippen LogP contribution in [0.25, 0.3) is 0 Å². The van der Waals surface area contributed by atoms with Crippen molar-refractivity contribution in [3.8, 4) is 0 Å². The Bertz CT molecular complexity index is 157. The first-order valence-electron chi connectivity index (χ1n) is 4.58. The Kier molecular flexibility index (Phi) is 8.22. The number of hydrogen-bond donors (Lipinski definition) is 2. The van der Waals surface area contributed by atoms with E-state index >= 15 is 0 Å². The molecule has 0 fully saturated rings. The number of rotatable bonds is 8. The smallest absolute Gasteiger partial charge is 0.395 e. The largest absolute Gasteiger partial charge is 0.401 e. The predicted molar refractivity (Wildman–Crippen MR) is 54.3 cm³/mol. The van der Waals surface area contributed by atoms with E-state index in [0.717, 1.165) is 4.90 Å². The van der Waals surface area contributed by atoms with E-state index in [1.807, 2.05) is 0 Å². The molecule has 7 heteroatoms. The summed E-state index contributed by atoms with van der Waals surface area (Å²) in [5.74, 6) is 0.541. The van der Waals surface area contributed by atoms with E-state index in [1.54, 1.807) is 0 Å². The summed E-state index contributed by atoms with van der Waals surface area (Å²) < 4.78 is 41.1. The quantitative estimate of drug-likeness (QED) is 0.491. The normalized spacial score (nSPS) is 12.4. The molecular weight excluding hydrogens is 231 g/mol. The Labute approximate surface area is 92.6 Å². The van der Waals surface area contributed by atoms with E-state index < -0.39 is 12.7 Å². The number of thiol groups is 1. The van der Waals surface area contributed by atoms with Crippen molar-refractivity contribution in [3.05, 3.63) is 0 Å². The molecule has 0 saturated heterocycles. The SMILES string of the molecule is OCCN(CCOCCS)CC(F)(F)F. The van der Waals surface area contributed by atoms with Gasteiger partial charge in [0.2, 0.25) is 0 Å². The molecular formula is C8H16F3NO2S. The van der Waals surface area contributed by atoms with E-state index in [4.69, 9.17) is 9.84 Å². The average molecular weight is 247 g/mol. The maximum Gasteiger partial charge on any atom is 0.401 e. The van der Waals surface area contributed by atoms with Gasteiger partial charge in [0.05, 0.1) is 26.4 Å². The molecule has 0 unspecified atom stereocenters. The Morgan fingerprint density at radius 3 is 2.33 bits per heavy atom. The molecule has 0 heterocycles. The highest BCUT2D eigenvalue weighted by atomic mass is 32.1. The second-order valence-corrected chi connectivity index (χ2v) is 3.40. The van der Waals surface area contributed by atoms with Gasteiger partial charge in [0, 0.05) is 18.8 Å². The van der Waals surface area contributed by atoms with Crippen molar-refractivity contribution >= 4 is 12.6 Å². The van der Waals surface area contributed by atoms with Gasteiger partial charge in [-0.3, -0.25) is 4.90 Å². The average Bonchev–Trinajstić information content (AvgIpc) is 2.10. The zero-order valence-electron chi connectivity index (χ0n) is 8.33. The van der Waals surface area contributed by atoms with Gasteiger partial charge in [-0.25, -0.2) is 0 Å². The van der Waals surface area contributed by atoms with Gasteiger partial charge >= 0.3 is 6.18 Å². The number of hydrogen-bond acceptors (Lipinski definition) is 4. The summed E-state index contributed by atoms with van der Waals surface area (Å²) >= 11 is 3.90. The molecule has 0 bridgehead atoms. The van der Waals surface area contributed by atoms with E-state index in [2.05, 4.69) is 12.6 Å². The fourth-order valence-corrected chi connectivity index (χ4v) is 1.15. The number of aliphatic hydroxyl groups excluding tert-OH is 1. The Hall–Kier alpha value is 0.0200. The minimum absolute atomic E-state index is 0.00372.